The maximum absolute atomic E-state index is 13.3. The average Bonchev–Trinajstić information content (AvgIpc) is 3.22. The summed E-state index contributed by atoms with van der Waals surface area (Å²) in [5, 5.41) is 4.32. The summed E-state index contributed by atoms with van der Waals surface area (Å²) in [6, 6.07) is 5.03. The van der Waals surface area contributed by atoms with Gasteiger partial charge in [-0.1, -0.05) is 11.6 Å². The van der Waals surface area contributed by atoms with Gasteiger partial charge in [-0.2, -0.15) is 23.0 Å². The van der Waals surface area contributed by atoms with Crippen molar-refractivity contribution >= 4 is 44.3 Å². The van der Waals surface area contributed by atoms with Crippen LogP contribution < -0.4 is 4.90 Å². The Kier molecular flexibility index (Phi) is 5.56. The van der Waals surface area contributed by atoms with Gasteiger partial charge in [0.1, 0.15) is 18.5 Å². The zero-order valence-electron chi connectivity index (χ0n) is 16.1. The SMILES string of the molecule is CC(c1ncnn1-c1ccc(Br)cn1)N(C)c1ncnc2c(Cl)cc(C(F)(F)F)cc12. The lowest BCUT2D eigenvalue weighted by Gasteiger charge is -2.26. The molecule has 12 heteroatoms. The highest BCUT2D eigenvalue weighted by molar-refractivity contribution is 9.10. The lowest BCUT2D eigenvalue weighted by Crippen LogP contribution is -2.26. The molecule has 0 radical (unpaired) electrons. The molecule has 31 heavy (non-hydrogen) atoms. The molecule has 0 aliphatic rings. The van der Waals surface area contributed by atoms with Gasteiger partial charge in [0.25, 0.3) is 0 Å². The van der Waals surface area contributed by atoms with Crippen molar-refractivity contribution in [2.75, 3.05) is 11.9 Å². The number of halogens is 5. The number of anilines is 1. The number of benzene rings is 1. The van der Waals surface area contributed by atoms with Gasteiger partial charge in [-0.05, 0) is 47.1 Å². The van der Waals surface area contributed by atoms with Crippen LogP contribution in [0.2, 0.25) is 5.02 Å². The molecular formula is C19H14BrClF3N7. The molecule has 3 heterocycles. The Balaban J connectivity index is 1.79. The first kappa shape index (κ1) is 21.4. The molecule has 1 atom stereocenters. The first-order valence-electron chi connectivity index (χ1n) is 8.93. The minimum atomic E-state index is -4.55. The third kappa shape index (κ3) is 4.07. The van der Waals surface area contributed by atoms with E-state index in [1.165, 1.54) is 12.7 Å². The Morgan fingerprint density at radius 1 is 1.10 bits per heavy atom. The van der Waals surface area contributed by atoms with E-state index < -0.39 is 17.8 Å². The van der Waals surface area contributed by atoms with Gasteiger partial charge < -0.3 is 4.90 Å². The Bertz CT molecular complexity index is 1240. The van der Waals surface area contributed by atoms with Crippen molar-refractivity contribution in [1.29, 1.82) is 0 Å². The molecule has 0 saturated carbocycles. The van der Waals surface area contributed by atoms with Gasteiger partial charge in [0, 0.05) is 23.1 Å². The Morgan fingerprint density at radius 3 is 2.55 bits per heavy atom. The van der Waals surface area contributed by atoms with Crippen LogP contribution in [0, 0.1) is 0 Å². The second kappa shape index (κ2) is 8.04. The molecule has 0 amide bonds. The van der Waals surface area contributed by atoms with E-state index in [4.69, 9.17) is 11.6 Å². The average molecular weight is 513 g/mol. The summed E-state index contributed by atoms with van der Waals surface area (Å²) in [4.78, 5) is 18.6. The van der Waals surface area contributed by atoms with Crippen LogP contribution in [0.4, 0.5) is 19.0 Å². The van der Waals surface area contributed by atoms with Gasteiger partial charge in [0.2, 0.25) is 0 Å². The number of aromatic nitrogens is 6. The minimum Gasteiger partial charge on any atom is -0.349 e. The van der Waals surface area contributed by atoms with E-state index in [1.54, 1.807) is 28.9 Å². The first-order chi connectivity index (χ1) is 14.7. The summed E-state index contributed by atoms with van der Waals surface area (Å²) in [6.45, 7) is 1.84. The summed E-state index contributed by atoms with van der Waals surface area (Å²) in [7, 11) is 1.70. The third-order valence-corrected chi connectivity index (χ3v) is 5.55. The zero-order valence-corrected chi connectivity index (χ0v) is 18.5. The first-order valence-corrected chi connectivity index (χ1v) is 10.1. The number of alkyl halides is 3. The van der Waals surface area contributed by atoms with Crippen molar-refractivity contribution in [2.45, 2.75) is 19.1 Å². The highest BCUT2D eigenvalue weighted by atomic mass is 79.9. The van der Waals surface area contributed by atoms with Crippen molar-refractivity contribution < 1.29 is 13.2 Å². The van der Waals surface area contributed by atoms with Crippen LogP contribution in [0.5, 0.6) is 0 Å². The fraction of sp³-hybridized carbons (Fsp3) is 0.211. The number of hydrogen-bond donors (Lipinski definition) is 0. The zero-order chi connectivity index (χ0) is 22.3. The van der Waals surface area contributed by atoms with Gasteiger partial charge >= 0.3 is 6.18 Å². The maximum atomic E-state index is 13.3. The molecule has 160 valence electrons. The molecule has 0 fully saturated rings. The molecule has 0 saturated heterocycles. The highest BCUT2D eigenvalue weighted by Gasteiger charge is 2.32. The number of fused-ring (bicyclic) bond motifs is 1. The molecular weight excluding hydrogens is 499 g/mol. The van der Waals surface area contributed by atoms with Crippen LogP contribution in [0.25, 0.3) is 16.7 Å². The fourth-order valence-corrected chi connectivity index (χ4v) is 3.62. The lowest BCUT2D eigenvalue weighted by atomic mass is 10.1. The van der Waals surface area contributed by atoms with Gasteiger partial charge in [-0.25, -0.2) is 19.9 Å². The van der Waals surface area contributed by atoms with Crippen LogP contribution in [0.15, 0.2) is 47.6 Å². The Labute approximate surface area is 188 Å². The van der Waals surface area contributed by atoms with Crippen LogP contribution in [0.3, 0.4) is 0 Å². The van der Waals surface area contributed by atoms with Crippen molar-refractivity contribution in [3.63, 3.8) is 0 Å². The molecule has 1 unspecified atom stereocenters. The second-order valence-corrected chi connectivity index (χ2v) is 8.02. The van der Waals surface area contributed by atoms with Gasteiger partial charge in [0.05, 0.1) is 22.1 Å². The Morgan fingerprint density at radius 2 is 1.87 bits per heavy atom. The highest BCUT2D eigenvalue weighted by Crippen LogP contribution is 2.38. The minimum absolute atomic E-state index is 0.100. The molecule has 4 rings (SSSR count). The van der Waals surface area contributed by atoms with Crippen molar-refractivity contribution in [2.24, 2.45) is 0 Å². The Hall–Kier alpha value is -2.79. The lowest BCUT2D eigenvalue weighted by molar-refractivity contribution is -0.137. The summed E-state index contributed by atoms with van der Waals surface area (Å²) >= 11 is 9.43. The van der Waals surface area contributed by atoms with E-state index >= 15 is 0 Å². The van der Waals surface area contributed by atoms with Gasteiger partial charge in [-0.3, -0.25) is 0 Å². The normalized spacial score (nSPS) is 12.9. The van der Waals surface area contributed by atoms with Crippen LogP contribution in [-0.4, -0.2) is 36.8 Å². The predicted octanol–water partition coefficient (Wildman–Crippen LogP) is 5.24. The van der Waals surface area contributed by atoms with Gasteiger partial charge in [-0.15, -0.1) is 0 Å². The number of pyridine rings is 1. The molecule has 7 nitrogen and oxygen atoms in total. The maximum Gasteiger partial charge on any atom is 0.416 e. The standard InChI is InChI=1S/C19H14BrClF3N7/c1-10(17-28-9-29-31(17)15-4-3-12(20)7-25-15)30(2)18-13-5-11(19(22,23)24)6-14(21)16(13)26-8-27-18/h3-10H,1-2H3. The molecule has 0 N–H and O–H groups in total. The second-order valence-electron chi connectivity index (χ2n) is 6.70. The van der Waals surface area contributed by atoms with Crippen LogP contribution in [-0.2, 0) is 6.18 Å². The quantitative estimate of drug-likeness (QED) is 0.372. The number of rotatable bonds is 4. The van der Waals surface area contributed by atoms with Crippen molar-refractivity contribution in [1.82, 2.24) is 29.7 Å². The third-order valence-electron chi connectivity index (χ3n) is 4.79. The molecule has 0 aliphatic carbocycles. The van der Waals surface area contributed by atoms with Gasteiger partial charge in [0.15, 0.2) is 11.6 Å². The largest absolute Gasteiger partial charge is 0.416 e. The van der Waals surface area contributed by atoms with E-state index in [0.717, 1.165) is 16.6 Å². The smallest absolute Gasteiger partial charge is 0.349 e. The van der Waals surface area contributed by atoms with Crippen LogP contribution >= 0.6 is 27.5 Å². The monoisotopic (exact) mass is 511 g/mol. The molecule has 4 aromatic rings. The predicted molar refractivity (Wildman–Crippen MR) is 113 cm³/mol. The molecule has 0 aliphatic heterocycles. The summed E-state index contributed by atoms with van der Waals surface area (Å²) in [5.41, 5.74) is -0.640. The molecule has 3 aromatic heterocycles. The summed E-state index contributed by atoms with van der Waals surface area (Å²) in [6.07, 6.45) is -0.266. The summed E-state index contributed by atoms with van der Waals surface area (Å²) < 4.78 is 42.4. The topological polar surface area (TPSA) is 72.6 Å². The van der Waals surface area contributed by atoms with Crippen LogP contribution in [0.1, 0.15) is 24.4 Å². The van der Waals surface area contributed by atoms with E-state index in [1.807, 2.05) is 13.0 Å². The van der Waals surface area contributed by atoms with E-state index in [-0.39, 0.29) is 21.7 Å². The van der Waals surface area contributed by atoms with Crippen molar-refractivity contribution in [3.8, 4) is 5.82 Å². The fourth-order valence-electron chi connectivity index (χ4n) is 3.12. The summed E-state index contributed by atoms with van der Waals surface area (Å²) in [5.74, 6) is 1.36. The van der Waals surface area contributed by atoms with E-state index in [9.17, 15) is 13.2 Å². The molecule has 0 spiro atoms. The molecule has 1 aromatic carbocycles. The van der Waals surface area contributed by atoms with Crippen molar-refractivity contribution in [3.05, 3.63) is 64.0 Å². The number of nitrogens with zero attached hydrogens (tertiary/aromatic N) is 7. The van der Waals surface area contributed by atoms with E-state index in [2.05, 4.69) is 41.0 Å². The van der Waals surface area contributed by atoms with E-state index in [0.29, 0.717) is 11.6 Å². The number of hydrogen-bond acceptors (Lipinski definition) is 6. The molecule has 0 bridgehead atoms.